The maximum atomic E-state index is 14.0. The Hall–Kier alpha value is -5.81. The third kappa shape index (κ3) is 9.57. The molecule has 0 fully saturated rings. The number of hydrogen-bond acceptors (Lipinski definition) is 9. The van der Waals surface area contributed by atoms with Gasteiger partial charge in [0.05, 0.1) is 28.9 Å². The van der Waals surface area contributed by atoms with Crippen LogP contribution in [0.3, 0.4) is 0 Å². The van der Waals surface area contributed by atoms with Crippen LogP contribution < -0.4 is 29.0 Å². The lowest BCUT2D eigenvalue weighted by molar-refractivity contribution is -0.127. The first-order valence-electron chi connectivity index (χ1n) is 19.5. The van der Waals surface area contributed by atoms with E-state index in [-0.39, 0.29) is 12.0 Å². The summed E-state index contributed by atoms with van der Waals surface area (Å²) < 4.78 is 30.3. The second-order valence-electron chi connectivity index (χ2n) is 14.7. The van der Waals surface area contributed by atoms with Crippen molar-refractivity contribution in [2.75, 3.05) is 20.3 Å². The minimum Gasteiger partial charge on any atom is -0.489 e. The Morgan fingerprint density at radius 3 is 2.46 bits per heavy atom. The molecule has 4 heterocycles. The Balaban J connectivity index is 0.924. The van der Waals surface area contributed by atoms with Gasteiger partial charge in [0.15, 0.2) is 17.6 Å². The van der Waals surface area contributed by atoms with Crippen molar-refractivity contribution >= 4 is 29.1 Å². The molecule has 302 valence electrons. The number of carbonyl (C=O) groups is 1. The van der Waals surface area contributed by atoms with Crippen LogP contribution >= 0.6 is 23.2 Å². The van der Waals surface area contributed by atoms with Gasteiger partial charge in [0.1, 0.15) is 30.5 Å². The monoisotopic (exact) mass is 830 g/mol. The minimum atomic E-state index is -0.425. The van der Waals surface area contributed by atoms with E-state index in [2.05, 4.69) is 26.3 Å². The maximum Gasteiger partial charge on any atom is 0.237 e. The summed E-state index contributed by atoms with van der Waals surface area (Å²) in [5.74, 6) is 4.09. The first-order chi connectivity index (χ1) is 28.7. The van der Waals surface area contributed by atoms with Crippen LogP contribution in [0.15, 0.2) is 109 Å². The Morgan fingerprint density at radius 1 is 0.881 bits per heavy atom. The zero-order valence-corrected chi connectivity index (χ0v) is 34.6. The Labute approximate surface area is 354 Å². The SMILES string of the molecule is COc1cccc(CN2Cc3cc4c(cc3CC2C(=O)NCCc2ccc(Oc3ccnc(C)c3C)cc2)OCC(c2ccc(OCc3ccc(Cl)c(Cl)c3)cc2)O4)n1. The quantitative estimate of drug-likeness (QED) is 0.122. The van der Waals surface area contributed by atoms with Gasteiger partial charge in [0, 0.05) is 43.2 Å². The molecule has 2 aliphatic heterocycles. The molecule has 2 unspecified atom stereocenters. The number of nitrogens with zero attached hydrogens (tertiary/aromatic N) is 3. The third-order valence-corrected chi connectivity index (χ3v) is 11.5. The fourth-order valence-electron chi connectivity index (χ4n) is 7.26. The summed E-state index contributed by atoms with van der Waals surface area (Å²) >= 11 is 12.2. The molecular formula is C47H44Cl2N4O6. The molecule has 0 radical (unpaired) electrons. The van der Waals surface area contributed by atoms with Crippen LogP contribution in [0.2, 0.25) is 10.0 Å². The minimum absolute atomic E-state index is 0.0404. The lowest BCUT2D eigenvalue weighted by Crippen LogP contribution is -2.50. The van der Waals surface area contributed by atoms with Gasteiger partial charge in [0.25, 0.3) is 0 Å². The van der Waals surface area contributed by atoms with Crippen LogP contribution in [-0.2, 0) is 37.3 Å². The van der Waals surface area contributed by atoms with Crippen molar-refractivity contribution in [3.63, 3.8) is 0 Å². The number of aryl methyl sites for hydroxylation is 1. The predicted molar refractivity (Wildman–Crippen MR) is 227 cm³/mol. The number of aromatic nitrogens is 2. The zero-order chi connectivity index (χ0) is 40.9. The van der Waals surface area contributed by atoms with Gasteiger partial charge < -0.3 is 29.0 Å². The van der Waals surface area contributed by atoms with Crippen molar-refractivity contribution < 1.29 is 28.5 Å². The van der Waals surface area contributed by atoms with Gasteiger partial charge in [-0.15, -0.1) is 0 Å². The summed E-state index contributed by atoms with van der Waals surface area (Å²) in [4.78, 5) is 25.1. The van der Waals surface area contributed by atoms with Gasteiger partial charge in [-0.05, 0) is 115 Å². The van der Waals surface area contributed by atoms with E-state index in [0.29, 0.717) is 73.1 Å². The number of benzene rings is 4. The van der Waals surface area contributed by atoms with Gasteiger partial charge in [-0.25, -0.2) is 4.98 Å². The average molecular weight is 832 g/mol. The van der Waals surface area contributed by atoms with E-state index in [9.17, 15) is 4.79 Å². The molecule has 1 N–H and O–H groups in total. The van der Waals surface area contributed by atoms with Crippen molar-refractivity contribution in [1.29, 1.82) is 0 Å². The van der Waals surface area contributed by atoms with E-state index in [1.165, 1.54) is 0 Å². The number of hydrogen-bond donors (Lipinski definition) is 1. The Morgan fingerprint density at radius 2 is 1.66 bits per heavy atom. The van der Waals surface area contributed by atoms with Crippen molar-refractivity contribution in [1.82, 2.24) is 20.2 Å². The second-order valence-corrected chi connectivity index (χ2v) is 15.5. The molecule has 2 aromatic heterocycles. The number of pyridine rings is 2. The van der Waals surface area contributed by atoms with Crippen LogP contribution in [-0.4, -0.2) is 47.1 Å². The predicted octanol–water partition coefficient (Wildman–Crippen LogP) is 9.58. The first-order valence-corrected chi connectivity index (χ1v) is 20.3. The van der Waals surface area contributed by atoms with Gasteiger partial charge in [0.2, 0.25) is 11.8 Å². The normalized spacial score (nSPS) is 15.9. The van der Waals surface area contributed by atoms with Crippen molar-refractivity contribution in [2.45, 2.75) is 58.5 Å². The highest BCUT2D eigenvalue weighted by molar-refractivity contribution is 6.42. The highest BCUT2D eigenvalue weighted by Crippen LogP contribution is 2.41. The highest BCUT2D eigenvalue weighted by atomic mass is 35.5. The summed E-state index contributed by atoms with van der Waals surface area (Å²) in [7, 11) is 1.60. The van der Waals surface area contributed by atoms with E-state index in [1.54, 1.807) is 25.4 Å². The standard InChI is InChI=1S/C47H44Cl2N4O6/c1-29-30(2)50-20-18-42(29)58-38-12-7-31(8-13-38)17-19-51-47(54)41-22-34-23-43-44(24-35(34)25-53(41)26-36-5-4-6-46(52-36)55-3)59-45(28-57-43)33-10-14-37(15-11-33)56-27-32-9-16-39(48)40(49)21-32/h4-16,18,20-21,23-24,41,45H,17,19,22,25-28H2,1-3H3,(H,51,54). The topological polar surface area (TPSA) is 104 Å². The number of nitrogens with one attached hydrogen (secondary N) is 1. The molecule has 0 spiro atoms. The van der Waals surface area contributed by atoms with E-state index >= 15 is 0 Å². The largest absolute Gasteiger partial charge is 0.489 e. The number of fused-ring (bicyclic) bond motifs is 2. The maximum absolute atomic E-state index is 14.0. The van der Waals surface area contributed by atoms with Gasteiger partial charge in [-0.2, -0.15) is 0 Å². The Bertz CT molecular complexity index is 2450. The summed E-state index contributed by atoms with van der Waals surface area (Å²) in [6, 6.07) is 32.5. The Kier molecular flexibility index (Phi) is 12.2. The fourth-order valence-corrected chi connectivity index (χ4v) is 7.58. The molecule has 12 heteroatoms. The molecule has 59 heavy (non-hydrogen) atoms. The molecule has 2 atom stereocenters. The van der Waals surface area contributed by atoms with Crippen LogP contribution in [0.25, 0.3) is 0 Å². The fraction of sp³-hybridized carbons (Fsp3) is 0.255. The summed E-state index contributed by atoms with van der Waals surface area (Å²) in [5.41, 5.74) is 7.88. The van der Waals surface area contributed by atoms with Gasteiger partial charge >= 0.3 is 0 Å². The summed E-state index contributed by atoms with van der Waals surface area (Å²) in [6.07, 6.45) is 2.63. The average Bonchev–Trinajstić information content (AvgIpc) is 3.25. The van der Waals surface area contributed by atoms with Crippen LogP contribution in [0.4, 0.5) is 0 Å². The molecule has 6 aromatic rings. The lowest BCUT2D eigenvalue weighted by Gasteiger charge is -2.37. The molecule has 0 saturated carbocycles. The number of methoxy groups -OCH3 is 1. The number of carbonyl (C=O) groups excluding carboxylic acids is 1. The van der Waals surface area contributed by atoms with Crippen LogP contribution in [0.1, 0.15) is 50.9 Å². The van der Waals surface area contributed by atoms with E-state index in [4.69, 9.17) is 46.9 Å². The molecule has 4 aromatic carbocycles. The van der Waals surface area contributed by atoms with Crippen molar-refractivity contribution in [3.05, 3.63) is 164 Å². The van der Waals surface area contributed by atoms with Crippen molar-refractivity contribution in [2.24, 2.45) is 0 Å². The molecule has 2 aliphatic rings. The number of rotatable bonds is 13. The molecule has 10 nitrogen and oxygen atoms in total. The molecule has 0 bridgehead atoms. The molecule has 8 rings (SSSR count). The highest BCUT2D eigenvalue weighted by Gasteiger charge is 2.34. The molecule has 0 aliphatic carbocycles. The van der Waals surface area contributed by atoms with E-state index in [0.717, 1.165) is 62.0 Å². The zero-order valence-electron chi connectivity index (χ0n) is 33.0. The van der Waals surface area contributed by atoms with Crippen LogP contribution in [0, 0.1) is 13.8 Å². The lowest BCUT2D eigenvalue weighted by atomic mass is 9.92. The summed E-state index contributed by atoms with van der Waals surface area (Å²) in [5, 5.41) is 4.22. The van der Waals surface area contributed by atoms with Gasteiger partial charge in [-0.3, -0.25) is 14.7 Å². The molecule has 0 saturated heterocycles. The number of ether oxygens (including phenoxy) is 5. The van der Waals surface area contributed by atoms with Crippen LogP contribution in [0.5, 0.6) is 34.6 Å². The number of amides is 1. The summed E-state index contributed by atoms with van der Waals surface area (Å²) in [6.45, 7) is 6.16. The molecule has 1 amide bonds. The van der Waals surface area contributed by atoms with Gasteiger partial charge in [-0.1, -0.05) is 59.6 Å². The van der Waals surface area contributed by atoms with E-state index < -0.39 is 6.04 Å². The van der Waals surface area contributed by atoms with Crippen molar-refractivity contribution in [3.8, 4) is 34.6 Å². The van der Waals surface area contributed by atoms with E-state index in [1.807, 2.05) is 98.8 Å². The third-order valence-electron chi connectivity index (χ3n) is 10.7. The smallest absolute Gasteiger partial charge is 0.237 e. The first kappa shape index (κ1) is 40.0. The second kappa shape index (κ2) is 18.0. The molecular weight excluding hydrogens is 787 g/mol. The number of halogens is 2.